The molecule has 46 heavy (non-hydrogen) atoms. The van der Waals surface area contributed by atoms with Crippen molar-refractivity contribution in [2.45, 2.75) is 12.8 Å². The average Bonchev–Trinajstić information content (AvgIpc) is 3.09. The Morgan fingerprint density at radius 1 is 0.565 bits per heavy atom. The first-order chi connectivity index (χ1) is 22.4. The van der Waals surface area contributed by atoms with Crippen molar-refractivity contribution in [2.75, 3.05) is 14.2 Å². The number of ether oxygens (including phenoxy) is 4. The molecule has 0 unspecified atom stereocenters. The van der Waals surface area contributed by atoms with Crippen molar-refractivity contribution in [3.63, 3.8) is 0 Å². The summed E-state index contributed by atoms with van der Waals surface area (Å²) in [6.45, 7) is 0. The zero-order chi connectivity index (χ0) is 32.7. The van der Waals surface area contributed by atoms with Crippen molar-refractivity contribution < 1.29 is 38.1 Å². The van der Waals surface area contributed by atoms with Gasteiger partial charge in [-0.05, 0) is 72.8 Å². The number of hydrogen-bond donors (Lipinski definition) is 2. The van der Waals surface area contributed by atoms with Gasteiger partial charge in [0.25, 0.3) is 0 Å². The number of amides is 2. The lowest BCUT2D eigenvalue weighted by atomic mass is 10.2. The summed E-state index contributed by atoms with van der Waals surface area (Å²) in [7, 11) is 3.06. The van der Waals surface area contributed by atoms with E-state index in [-0.39, 0.29) is 24.3 Å². The van der Waals surface area contributed by atoms with Crippen molar-refractivity contribution in [1.29, 1.82) is 0 Å². The Labute approximate surface area is 264 Å². The number of esters is 2. The van der Waals surface area contributed by atoms with Gasteiger partial charge in [0.1, 0.15) is 23.0 Å². The van der Waals surface area contributed by atoms with Gasteiger partial charge in [-0.1, -0.05) is 24.3 Å². The van der Waals surface area contributed by atoms with Crippen molar-refractivity contribution in [1.82, 2.24) is 10.9 Å². The van der Waals surface area contributed by atoms with Crippen LogP contribution in [0.2, 0.25) is 0 Å². The summed E-state index contributed by atoms with van der Waals surface area (Å²) >= 11 is 0. The average molecular weight is 623 g/mol. The molecular weight excluding hydrogens is 592 g/mol. The Morgan fingerprint density at radius 2 is 0.935 bits per heavy atom. The van der Waals surface area contributed by atoms with E-state index in [1.54, 1.807) is 97.1 Å². The van der Waals surface area contributed by atoms with E-state index in [2.05, 4.69) is 21.1 Å². The Kier molecular flexibility index (Phi) is 11.7. The summed E-state index contributed by atoms with van der Waals surface area (Å²) in [5.41, 5.74) is 6.25. The second-order valence-electron chi connectivity index (χ2n) is 9.40. The maximum Gasteiger partial charge on any atom is 0.343 e. The number of rotatable bonds is 13. The van der Waals surface area contributed by atoms with Gasteiger partial charge in [-0.2, -0.15) is 10.2 Å². The second-order valence-corrected chi connectivity index (χ2v) is 9.40. The Morgan fingerprint density at radius 3 is 1.30 bits per heavy atom. The van der Waals surface area contributed by atoms with Gasteiger partial charge in [0.2, 0.25) is 11.8 Å². The fourth-order valence-electron chi connectivity index (χ4n) is 3.82. The first kappa shape index (κ1) is 32.6. The standard InChI is InChI=1S/C34H30N4O8/c1-43-27-15-11-23(12-16-27)33(41)45-29-9-5-3-7-25(29)21-35-37-31(39)19-20-32(40)38-36-22-26-8-4-6-10-30(26)46-34(42)24-13-17-28(44-2)18-14-24/h3-18,21-22H,19-20H2,1-2H3,(H,37,39)(H,38,40). The third-order valence-corrected chi connectivity index (χ3v) is 6.26. The number of hydrogen-bond acceptors (Lipinski definition) is 10. The van der Waals surface area contributed by atoms with Crippen molar-refractivity contribution in [3.05, 3.63) is 119 Å². The molecule has 0 saturated carbocycles. The van der Waals surface area contributed by atoms with Gasteiger partial charge in [-0.3, -0.25) is 9.59 Å². The molecule has 4 rings (SSSR count). The smallest absolute Gasteiger partial charge is 0.343 e. The number of methoxy groups -OCH3 is 2. The van der Waals surface area contributed by atoms with Gasteiger partial charge in [-0.15, -0.1) is 0 Å². The van der Waals surface area contributed by atoms with E-state index in [4.69, 9.17) is 18.9 Å². The second kappa shape index (κ2) is 16.5. The summed E-state index contributed by atoms with van der Waals surface area (Å²) in [5.74, 6) is -0.461. The van der Waals surface area contributed by atoms with E-state index in [1.807, 2.05) is 0 Å². The van der Waals surface area contributed by atoms with Gasteiger partial charge in [0.05, 0.1) is 37.8 Å². The fourth-order valence-corrected chi connectivity index (χ4v) is 3.82. The topological polar surface area (TPSA) is 154 Å². The lowest BCUT2D eigenvalue weighted by molar-refractivity contribution is -0.126. The molecule has 4 aromatic carbocycles. The normalized spacial score (nSPS) is 10.7. The molecule has 2 N–H and O–H groups in total. The van der Waals surface area contributed by atoms with Crippen LogP contribution in [0.4, 0.5) is 0 Å². The number of nitrogens with one attached hydrogen (secondary N) is 2. The van der Waals surface area contributed by atoms with Crippen LogP contribution in [0.3, 0.4) is 0 Å². The molecule has 0 aliphatic heterocycles. The van der Waals surface area contributed by atoms with E-state index < -0.39 is 23.8 Å². The van der Waals surface area contributed by atoms with Gasteiger partial charge in [0, 0.05) is 24.0 Å². The molecule has 0 aliphatic carbocycles. The fraction of sp³-hybridized carbons (Fsp3) is 0.118. The highest BCUT2D eigenvalue weighted by Crippen LogP contribution is 2.20. The quantitative estimate of drug-likeness (QED) is 0.0955. The highest BCUT2D eigenvalue weighted by atomic mass is 16.5. The van der Waals surface area contributed by atoms with E-state index in [9.17, 15) is 19.2 Å². The van der Waals surface area contributed by atoms with Gasteiger partial charge < -0.3 is 18.9 Å². The number of carbonyl (C=O) groups is 4. The monoisotopic (exact) mass is 622 g/mol. The minimum Gasteiger partial charge on any atom is -0.497 e. The van der Waals surface area contributed by atoms with Crippen molar-refractivity contribution in [3.8, 4) is 23.0 Å². The molecule has 0 atom stereocenters. The predicted octanol–water partition coefficient (Wildman–Crippen LogP) is 4.52. The van der Waals surface area contributed by atoms with Crippen LogP contribution in [0.15, 0.2) is 107 Å². The van der Waals surface area contributed by atoms with Crippen LogP contribution in [-0.2, 0) is 9.59 Å². The molecule has 0 bridgehead atoms. The number of para-hydroxylation sites is 2. The van der Waals surface area contributed by atoms with Gasteiger partial charge >= 0.3 is 11.9 Å². The van der Waals surface area contributed by atoms with Crippen LogP contribution in [0.25, 0.3) is 0 Å². The highest BCUT2D eigenvalue weighted by Gasteiger charge is 2.13. The van der Waals surface area contributed by atoms with Crippen LogP contribution < -0.4 is 29.8 Å². The maximum atomic E-state index is 12.5. The van der Waals surface area contributed by atoms with E-state index in [0.29, 0.717) is 33.8 Å². The summed E-state index contributed by atoms with van der Waals surface area (Å²) < 4.78 is 21.2. The third kappa shape index (κ3) is 9.61. The van der Waals surface area contributed by atoms with Crippen LogP contribution in [0.5, 0.6) is 23.0 Å². The zero-order valence-electron chi connectivity index (χ0n) is 25.0. The minimum absolute atomic E-state index is 0.164. The Hall–Kier alpha value is -6.30. The van der Waals surface area contributed by atoms with Crippen LogP contribution in [-0.4, -0.2) is 50.4 Å². The van der Waals surface area contributed by atoms with E-state index in [0.717, 1.165) is 0 Å². The molecule has 234 valence electrons. The van der Waals surface area contributed by atoms with Crippen molar-refractivity contribution in [2.24, 2.45) is 10.2 Å². The Bertz CT molecular complexity index is 1610. The van der Waals surface area contributed by atoms with Crippen LogP contribution in [0, 0.1) is 0 Å². The molecule has 0 saturated heterocycles. The maximum absolute atomic E-state index is 12.5. The number of nitrogens with zero attached hydrogens (tertiary/aromatic N) is 2. The van der Waals surface area contributed by atoms with E-state index >= 15 is 0 Å². The molecule has 0 radical (unpaired) electrons. The molecule has 0 heterocycles. The summed E-state index contributed by atoms with van der Waals surface area (Å²) in [5, 5.41) is 7.81. The molecule has 12 nitrogen and oxygen atoms in total. The highest BCUT2D eigenvalue weighted by molar-refractivity contribution is 5.94. The van der Waals surface area contributed by atoms with Crippen LogP contribution in [0.1, 0.15) is 44.7 Å². The van der Waals surface area contributed by atoms with Crippen molar-refractivity contribution >= 4 is 36.2 Å². The molecule has 0 fully saturated rings. The van der Waals surface area contributed by atoms with Gasteiger partial charge in [0.15, 0.2) is 0 Å². The molecule has 0 aromatic heterocycles. The zero-order valence-corrected chi connectivity index (χ0v) is 25.0. The lowest BCUT2D eigenvalue weighted by Gasteiger charge is -2.08. The summed E-state index contributed by atoms with van der Waals surface area (Å²) in [4.78, 5) is 49.5. The number of benzene rings is 4. The molecule has 0 spiro atoms. The minimum atomic E-state index is -0.570. The third-order valence-electron chi connectivity index (χ3n) is 6.26. The Balaban J connectivity index is 1.23. The molecule has 12 heteroatoms. The first-order valence-corrected chi connectivity index (χ1v) is 13.9. The largest absolute Gasteiger partial charge is 0.497 e. The first-order valence-electron chi connectivity index (χ1n) is 13.9. The molecule has 0 aliphatic rings. The molecular formula is C34H30N4O8. The molecule has 2 amide bonds. The molecule has 4 aromatic rings. The number of hydrazone groups is 2. The summed E-state index contributed by atoms with van der Waals surface area (Å²) in [6, 6.07) is 26.3. The lowest BCUT2D eigenvalue weighted by Crippen LogP contribution is -2.23. The SMILES string of the molecule is COc1ccc(C(=O)Oc2ccccc2C=NNC(=O)CCC(=O)NN=Cc2ccccc2OC(=O)c2ccc(OC)cc2)cc1. The van der Waals surface area contributed by atoms with E-state index in [1.165, 1.54) is 26.6 Å². The predicted molar refractivity (Wildman–Crippen MR) is 169 cm³/mol. The van der Waals surface area contributed by atoms with Crippen LogP contribution >= 0.6 is 0 Å². The van der Waals surface area contributed by atoms with Gasteiger partial charge in [-0.25, -0.2) is 20.4 Å². The summed E-state index contributed by atoms with van der Waals surface area (Å²) in [6.07, 6.45) is 2.33. The number of carbonyl (C=O) groups excluding carboxylic acids is 4.